The lowest BCUT2D eigenvalue weighted by Gasteiger charge is -2.37. The van der Waals surface area contributed by atoms with Crippen LogP contribution in [0.1, 0.15) is 33.6 Å². The molecule has 1 heterocycles. The first-order valence-electron chi connectivity index (χ1n) is 7.17. The fourth-order valence-corrected chi connectivity index (χ4v) is 2.94. The van der Waals surface area contributed by atoms with Crippen molar-refractivity contribution in [1.82, 2.24) is 15.1 Å². The topological polar surface area (TPSA) is 18.5 Å². The summed E-state index contributed by atoms with van der Waals surface area (Å²) in [6, 6.07) is 1.46. The lowest BCUT2D eigenvalue weighted by Crippen LogP contribution is -2.50. The van der Waals surface area contributed by atoms with E-state index in [1.165, 1.54) is 25.9 Å². The van der Waals surface area contributed by atoms with Crippen LogP contribution in [-0.4, -0.2) is 62.2 Å². The second-order valence-electron chi connectivity index (χ2n) is 5.92. The Kier molecular flexibility index (Phi) is 6.45. The van der Waals surface area contributed by atoms with Crippen molar-refractivity contribution in [3.8, 4) is 0 Å². The van der Waals surface area contributed by atoms with Gasteiger partial charge in [0.1, 0.15) is 0 Å². The fourth-order valence-electron chi connectivity index (χ4n) is 2.94. The molecule has 1 rings (SSSR count). The summed E-state index contributed by atoms with van der Waals surface area (Å²) in [4.78, 5) is 5.07. The van der Waals surface area contributed by atoms with Crippen LogP contribution in [0.3, 0.4) is 0 Å². The molecule has 0 aliphatic carbocycles. The summed E-state index contributed by atoms with van der Waals surface area (Å²) < 4.78 is 0. The van der Waals surface area contributed by atoms with Gasteiger partial charge < -0.3 is 10.2 Å². The highest BCUT2D eigenvalue weighted by atomic mass is 15.3. The van der Waals surface area contributed by atoms with Gasteiger partial charge in [-0.15, -0.1) is 0 Å². The zero-order valence-corrected chi connectivity index (χ0v) is 12.4. The summed E-state index contributed by atoms with van der Waals surface area (Å²) in [6.45, 7) is 11.6. The lowest BCUT2D eigenvalue weighted by atomic mass is 10.0. The first-order valence-corrected chi connectivity index (χ1v) is 7.17. The van der Waals surface area contributed by atoms with Crippen LogP contribution in [0.15, 0.2) is 0 Å². The minimum Gasteiger partial charge on any atom is -0.315 e. The molecule has 1 saturated heterocycles. The van der Waals surface area contributed by atoms with Gasteiger partial charge in [0.15, 0.2) is 0 Å². The Hall–Kier alpha value is -0.120. The van der Waals surface area contributed by atoms with Crippen molar-refractivity contribution < 1.29 is 0 Å². The van der Waals surface area contributed by atoms with Crippen molar-refractivity contribution in [2.75, 3.05) is 40.3 Å². The molecule has 2 atom stereocenters. The Morgan fingerprint density at radius 1 is 1.35 bits per heavy atom. The van der Waals surface area contributed by atoms with Crippen LogP contribution in [0.5, 0.6) is 0 Å². The average molecular weight is 241 g/mol. The number of nitrogens with one attached hydrogen (secondary N) is 1. The van der Waals surface area contributed by atoms with Crippen molar-refractivity contribution in [2.45, 2.75) is 45.7 Å². The smallest absolute Gasteiger partial charge is 0.0247 e. The van der Waals surface area contributed by atoms with Gasteiger partial charge in [0, 0.05) is 25.2 Å². The van der Waals surface area contributed by atoms with Crippen LogP contribution in [0, 0.1) is 5.92 Å². The molecule has 1 aliphatic rings. The number of rotatable bonds is 7. The Balaban J connectivity index is 2.58. The summed E-state index contributed by atoms with van der Waals surface area (Å²) in [5.74, 6) is 0.733. The van der Waals surface area contributed by atoms with Crippen molar-refractivity contribution in [2.24, 2.45) is 5.92 Å². The maximum atomic E-state index is 3.53. The molecule has 1 aliphatic heterocycles. The first-order chi connectivity index (χ1) is 8.06. The summed E-state index contributed by atoms with van der Waals surface area (Å²) in [5.41, 5.74) is 0. The quantitative estimate of drug-likeness (QED) is 0.731. The molecular formula is C14H31N3. The fraction of sp³-hybridized carbons (Fsp3) is 1.00. The molecule has 0 saturated carbocycles. The van der Waals surface area contributed by atoms with Crippen molar-refractivity contribution in [3.63, 3.8) is 0 Å². The van der Waals surface area contributed by atoms with Crippen molar-refractivity contribution in [1.29, 1.82) is 0 Å². The van der Waals surface area contributed by atoms with Gasteiger partial charge in [0.25, 0.3) is 0 Å². The van der Waals surface area contributed by atoms with Crippen LogP contribution in [0.25, 0.3) is 0 Å². The summed E-state index contributed by atoms with van der Waals surface area (Å²) in [7, 11) is 4.37. The number of likely N-dealkylation sites (tertiary alicyclic amines) is 1. The molecule has 1 N–H and O–H groups in total. The predicted octanol–water partition coefficient (Wildman–Crippen LogP) is 1.65. The standard InChI is InChI=1S/C14H31N3/c1-6-15-10-14(12(2)3)17-9-7-8-13(17)11-16(4)5/h12-15H,6-11H2,1-5H3. The van der Waals surface area contributed by atoms with Gasteiger partial charge in [0.05, 0.1) is 0 Å². The molecule has 2 unspecified atom stereocenters. The van der Waals surface area contributed by atoms with Crippen LogP contribution < -0.4 is 5.32 Å². The highest BCUT2D eigenvalue weighted by Gasteiger charge is 2.31. The Bertz CT molecular complexity index is 204. The van der Waals surface area contributed by atoms with Crippen molar-refractivity contribution in [3.05, 3.63) is 0 Å². The van der Waals surface area contributed by atoms with E-state index >= 15 is 0 Å². The van der Waals surface area contributed by atoms with Gasteiger partial charge in [-0.3, -0.25) is 4.90 Å². The highest BCUT2D eigenvalue weighted by Crippen LogP contribution is 2.23. The molecule has 3 nitrogen and oxygen atoms in total. The van der Waals surface area contributed by atoms with Gasteiger partial charge >= 0.3 is 0 Å². The van der Waals surface area contributed by atoms with E-state index in [1.807, 2.05) is 0 Å². The summed E-state index contributed by atoms with van der Waals surface area (Å²) in [6.07, 6.45) is 2.74. The molecule has 0 radical (unpaired) electrons. The largest absolute Gasteiger partial charge is 0.315 e. The molecule has 0 aromatic heterocycles. The highest BCUT2D eigenvalue weighted by molar-refractivity contribution is 4.88. The van der Waals surface area contributed by atoms with E-state index in [4.69, 9.17) is 0 Å². The maximum Gasteiger partial charge on any atom is 0.0247 e. The Morgan fingerprint density at radius 2 is 2.06 bits per heavy atom. The van der Waals surface area contributed by atoms with E-state index in [9.17, 15) is 0 Å². The molecule has 17 heavy (non-hydrogen) atoms. The van der Waals surface area contributed by atoms with Gasteiger partial charge in [-0.1, -0.05) is 20.8 Å². The van der Waals surface area contributed by atoms with E-state index in [1.54, 1.807) is 0 Å². The minimum atomic E-state index is 0.697. The number of likely N-dealkylation sites (N-methyl/N-ethyl adjacent to an activating group) is 2. The van der Waals surface area contributed by atoms with E-state index < -0.39 is 0 Å². The SMILES string of the molecule is CCNCC(C(C)C)N1CCCC1CN(C)C. The van der Waals surface area contributed by atoms with Crippen molar-refractivity contribution >= 4 is 0 Å². The lowest BCUT2D eigenvalue weighted by molar-refractivity contribution is 0.119. The molecule has 1 fully saturated rings. The normalized spacial score (nSPS) is 23.8. The second-order valence-corrected chi connectivity index (χ2v) is 5.92. The third-order valence-corrected chi connectivity index (χ3v) is 3.80. The molecule has 0 amide bonds. The molecular weight excluding hydrogens is 210 g/mol. The first kappa shape index (κ1) is 14.9. The van der Waals surface area contributed by atoms with Gasteiger partial charge in [-0.05, 0) is 45.9 Å². The zero-order valence-electron chi connectivity index (χ0n) is 12.4. The molecule has 102 valence electrons. The second kappa shape index (κ2) is 7.34. The average Bonchev–Trinajstić information content (AvgIpc) is 2.65. The molecule has 0 bridgehead atoms. The monoisotopic (exact) mass is 241 g/mol. The van der Waals surface area contributed by atoms with Crippen LogP contribution >= 0.6 is 0 Å². The molecule has 0 aromatic carbocycles. The van der Waals surface area contributed by atoms with Crippen LogP contribution in [0.2, 0.25) is 0 Å². The number of hydrogen-bond acceptors (Lipinski definition) is 3. The summed E-state index contributed by atoms with van der Waals surface area (Å²) in [5, 5.41) is 3.53. The van der Waals surface area contributed by atoms with Crippen LogP contribution in [-0.2, 0) is 0 Å². The van der Waals surface area contributed by atoms with Gasteiger partial charge in [0.2, 0.25) is 0 Å². The Labute approximate surface area is 108 Å². The molecule has 0 aromatic rings. The van der Waals surface area contributed by atoms with E-state index in [0.29, 0.717) is 6.04 Å². The summed E-state index contributed by atoms with van der Waals surface area (Å²) >= 11 is 0. The van der Waals surface area contributed by atoms with Crippen LogP contribution in [0.4, 0.5) is 0 Å². The van der Waals surface area contributed by atoms with Gasteiger partial charge in [-0.25, -0.2) is 0 Å². The van der Waals surface area contributed by atoms with E-state index in [0.717, 1.165) is 25.0 Å². The third-order valence-electron chi connectivity index (χ3n) is 3.80. The maximum absolute atomic E-state index is 3.53. The molecule has 3 heteroatoms. The molecule has 0 spiro atoms. The minimum absolute atomic E-state index is 0.697. The number of hydrogen-bond donors (Lipinski definition) is 1. The van der Waals surface area contributed by atoms with Gasteiger partial charge in [-0.2, -0.15) is 0 Å². The Morgan fingerprint density at radius 3 is 2.59 bits per heavy atom. The van der Waals surface area contributed by atoms with E-state index in [-0.39, 0.29) is 0 Å². The predicted molar refractivity (Wildman–Crippen MR) is 75.5 cm³/mol. The number of nitrogens with zero attached hydrogens (tertiary/aromatic N) is 2. The zero-order chi connectivity index (χ0) is 12.8. The van der Waals surface area contributed by atoms with E-state index in [2.05, 4.69) is 50.0 Å². The third kappa shape index (κ3) is 4.57.